The van der Waals surface area contributed by atoms with Gasteiger partial charge in [0.25, 0.3) is 0 Å². The quantitative estimate of drug-likeness (QED) is 0.851. The van der Waals surface area contributed by atoms with Crippen LogP contribution in [0.25, 0.3) is 0 Å². The lowest BCUT2D eigenvalue weighted by atomic mass is 10.1. The minimum Gasteiger partial charge on any atom is -0.481 e. The van der Waals surface area contributed by atoms with E-state index in [1.165, 1.54) is 12.1 Å². The molecule has 0 amide bonds. The normalized spacial score (nSPS) is 10.5. The Morgan fingerprint density at radius 1 is 1.44 bits per heavy atom. The number of aliphatic carboxylic acids is 1. The molecule has 0 radical (unpaired) electrons. The van der Waals surface area contributed by atoms with Crippen molar-refractivity contribution in [1.29, 1.82) is 0 Å². The monoisotopic (exact) mass is 234 g/mol. The lowest BCUT2D eigenvalue weighted by Gasteiger charge is -2.10. The average Bonchev–Trinajstić information content (AvgIpc) is 2.18. The number of para-hydroxylation sites is 1. The van der Waals surface area contributed by atoms with Crippen molar-refractivity contribution in [2.24, 2.45) is 0 Å². The van der Waals surface area contributed by atoms with Crippen molar-refractivity contribution in [3.8, 4) is 5.75 Å². The molecule has 88 valence electrons. The third-order valence-electron chi connectivity index (χ3n) is 1.86. The minimum atomic E-state index is -3.14. The van der Waals surface area contributed by atoms with Gasteiger partial charge in [-0.2, -0.15) is 8.78 Å². The molecule has 0 saturated carbocycles. The van der Waals surface area contributed by atoms with E-state index in [1.807, 2.05) is 0 Å². The Bertz CT molecular complexity index is 380. The van der Waals surface area contributed by atoms with E-state index in [2.05, 4.69) is 4.74 Å². The fourth-order valence-corrected chi connectivity index (χ4v) is 1.21. The number of ether oxygens (including phenoxy) is 1. The van der Waals surface area contributed by atoms with Gasteiger partial charge in [-0.25, -0.2) is 4.39 Å². The summed E-state index contributed by atoms with van der Waals surface area (Å²) in [6.45, 7) is -3.14. The molecule has 1 N–H and O–H groups in total. The highest BCUT2D eigenvalue weighted by Gasteiger charge is 2.15. The van der Waals surface area contributed by atoms with Crippen LogP contribution in [0.5, 0.6) is 5.75 Å². The molecular weight excluding hydrogens is 225 g/mol. The molecular formula is C10H9F3O3. The van der Waals surface area contributed by atoms with Crippen LogP contribution in [0.4, 0.5) is 13.2 Å². The van der Waals surface area contributed by atoms with E-state index in [1.54, 1.807) is 0 Å². The second-order valence-corrected chi connectivity index (χ2v) is 3.00. The first-order valence-electron chi connectivity index (χ1n) is 4.44. The Balaban J connectivity index is 2.89. The summed E-state index contributed by atoms with van der Waals surface area (Å²) >= 11 is 0. The molecule has 1 aromatic carbocycles. The first-order chi connectivity index (χ1) is 7.50. The molecule has 0 spiro atoms. The fraction of sp³-hybridized carbons (Fsp3) is 0.300. The van der Waals surface area contributed by atoms with Gasteiger partial charge >= 0.3 is 12.6 Å². The van der Waals surface area contributed by atoms with E-state index in [9.17, 15) is 18.0 Å². The molecule has 0 unspecified atom stereocenters. The van der Waals surface area contributed by atoms with Crippen molar-refractivity contribution < 1.29 is 27.8 Å². The van der Waals surface area contributed by atoms with Gasteiger partial charge in [-0.05, 0) is 18.1 Å². The van der Waals surface area contributed by atoms with Crippen molar-refractivity contribution in [3.63, 3.8) is 0 Å². The predicted octanol–water partition coefficient (Wildman–Crippen LogP) is 2.44. The van der Waals surface area contributed by atoms with E-state index >= 15 is 0 Å². The van der Waals surface area contributed by atoms with Crippen molar-refractivity contribution in [2.45, 2.75) is 19.5 Å². The van der Waals surface area contributed by atoms with Crippen LogP contribution in [-0.4, -0.2) is 17.7 Å². The number of carboxylic acid groups (broad SMARTS) is 1. The summed E-state index contributed by atoms with van der Waals surface area (Å²) in [6, 6.07) is 3.64. The van der Waals surface area contributed by atoms with Gasteiger partial charge in [0.1, 0.15) is 0 Å². The molecule has 0 atom stereocenters. The molecule has 0 saturated heterocycles. The highest BCUT2D eigenvalue weighted by molar-refractivity contribution is 5.67. The van der Waals surface area contributed by atoms with Crippen molar-refractivity contribution in [1.82, 2.24) is 0 Å². The summed E-state index contributed by atoms with van der Waals surface area (Å²) in [5, 5.41) is 8.43. The number of aryl methyl sites for hydroxylation is 1. The summed E-state index contributed by atoms with van der Waals surface area (Å²) in [6.07, 6.45) is -0.335. The molecule has 0 aliphatic rings. The van der Waals surface area contributed by atoms with Gasteiger partial charge in [0.05, 0.1) is 0 Å². The third-order valence-corrected chi connectivity index (χ3v) is 1.86. The van der Waals surface area contributed by atoms with Crippen LogP contribution >= 0.6 is 0 Å². The van der Waals surface area contributed by atoms with E-state index < -0.39 is 24.1 Å². The van der Waals surface area contributed by atoms with E-state index in [-0.39, 0.29) is 18.4 Å². The second kappa shape index (κ2) is 5.39. The van der Waals surface area contributed by atoms with Gasteiger partial charge in [0, 0.05) is 6.42 Å². The molecule has 0 aliphatic heterocycles. The lowest BCUT2D eigenvalue weighted by Crippen LogP contribution is -2.07. The van der Waals surface area contributed by atoms with Crippen LogP contribution in [0.3, 0.4) is 0 Å². The maximum atomic E-state index is 13.1. The van der Waals surface area contributed by atoms with Gasteiger partial charge in [-0.15, -0.1) is 0 Å². The lowest BCUT2D eigenvalue weighted by molar-refractivity contribution is -0.136. The number of hydrogen-bond acceptors (Lipinski definition) is 2. The molecule has 16 heavy (non-hydrogen) atoms. The van der Waals surface area contributed by atoms with E-state index in [4.69, 9.17) is 5.11 Å². The first kappa shape index (κ1) is 12.4. The Morgan fingerprint density at radius 3 is 2.69 bits per heavy atom. The van der Waals surface area contributed by atoms with Gasteiger partial charge in [0.15, 0.2) is 11.6 Å². The topological polar surface area (TPSA) is 46.5 Å². The second-order valence-electron chi connectivity index (χ2n) is 3.00. The molecule has 0 bridgehead atoms. The molecule has 0 fully saturated rings. The van der Waals surface area contributed by atoms with Crippen LogP contribution in [-0.2, 0) is 11.2 Å². The number of rotatable bonds is 5. The molecule has 3 nitrogen and oxygen atoms in total. The van der Waals surface area contributed by atoms with Gasteiger partial charge < -0.3 is 9.84 Å². The number of alkyl halides is 2. The summed E-state index contributed by atoms with van der Waals surface area (Å²) in [7, 11) is 0. The van der Waals surface area contributed by atoms with Gasteiger partial charge in [-0.3, -0.25) is 4.79 Å². The number of benzene rings is 1. The molecule has 1 aromatic rings. The average molecular weight is 234 g/mol. The molecule has 0 aliphatic carbocycles. The maximum absolute atomic E-state index is 13.1. The summed E-state index contributed by atoms with van der Waals surface area (Å²) in [4.78, 5) is 10.3. The number of hydrogen-bond donors (Lipinski definition) is 1. The van der Waals surface area contributed by atoms with E-state index in [0.717, 1.165) is 6.07 Å². The Labute approximate surface area is 89.5 Å². The molecule has 6 heteroatoms. The Morgan fingerprint density at radius 2 is 2.12 bits per heavy atom. The molecule has 0 heterocycles. The SMILES string of the molecule is O=C(O)CCc1cccc(F)c1OC(F)F. The predicted molar refractivity (Wildman–Crippen MR) is 49.0 cm³/mol. The summed E-state index contributed by atoms with van der Waals surface area (Å²) in [5.74, 6) is -2.60. The van der Waals surface area contributed by atoms with Crippen LogP contribution in [0, 0.1) is 5.82 Å². The van der Waals surface area contributed by atoms with Crippen molar-refractivity contribution in [2.75, 3.05) is 0 Å². The zero-order chi connectivity index (χ0) is 12.1. The van der Waals surface area contributed by atoms with Gasteiger partial charge in [-0.1, -0.05) is 12.1 Å². The molecule has 0 aromatic heterocycles. The smallest absolute Gasteiger partial charge is 0.387 e. The Hall–Kier alpha value is -1.72. The largest absolute Gasteiger partial charge is 0.481 e. The summed E-state index contributed by atoms with van der Waals surface area (Å²) < 4.78 is 41.1. The van der Waals surface area contributed by atoms with Crippen LogP contribution in [0.1, 0.15) is 12.0 Å². The van der Waals surface area contributed by atoms with Crippen LogP contribution in [0.15, 0.2) is 18.2 Å². The van der Waals surface area contributed by atoms with E-state index in [0.29, 0.717) is 0 Å². The van der Waals surface area contributed by atoms with Gasteiger partial charge in [0.2, 0.25) is 0 Å². The number of halogens is 3. The van der Waals surface area contributed by atoms with Crippen molar-refractivity contribution in [3.05, 3.63) is 29.6 Å². The zero-order valence-corrected chi connectivity index (χ0v) is 8.12. The Kier molecular flexibility index (Phi) is 4.16. The zero-order valence-electron chi connectivity index (χ0n) is 8.12. The third kappa shape index (κ3) is 3.45. The molecule has 1 rings (SSSR count). The standard InChI is InChI=1S/C10H9F3O3/c11-7-3-1-2-6(4-5-8(14)15)9(7)16-10(12)13/h1-3,10H,4-5H2,(H,14,15). The highest BCUT2D eigenvalue weighted by atomic mass is 19.3. The number of carboxylic acids is 1. The maximum Gasteiger partial charge on any atom is 0.387 e. The summed E-state index contributed by atoms with van der Waals surface area (Å²) in [5.41, 5.74) is 0.114. The first-order valence-corrected chi connectivity index (χ1v) is 4.44. The van der Waals surface area contributed by atoms with Crippen LogP contribution in [0.2, 0.25) is 0 Å². The minimum absolute atomic E-state index is 0.0604. The number of carbonyl (C=O) groups is 1. The van der Waals surface area contributed by atoms with Crippen LogP contribution < -0.4 is 4.74 Å². The van der Waals surface area contributed by atoms with Crippen molar-refractivity contribution >= 4 is 5.97 Å². The highest BCUT2D eigenvalue weighted by Crippen LogP contribution is 2.25. The fourth-order valence-electron chi connectivity index (χ4n) is 1.21.